The number of fused-ring (bicyclic) bond motifs is 1. The van der Waals surface area contributed by atoms with Crippen molar-refractivity contribution in [3.05, 3.63) is 75.3 Å². The SMILES string of the molecule is CC(NCC1(O)CCc2ccccc21)c1cccc([N+](=O)[O-])c1. The fourth-order valence-electron chi connectivity index (χ4n) is 3.20. The largest absolute Gasteiger partial charge is 0.384 e. The van der Waals surface area contributed by atoms with Gasteiger partial charge in [0.05, 0.1) is 4.92 Å². The maximum atomic E-state index is 10.9. The number of nitrogens with one attached hydrogen (secondary N) is 1. The number of non-ortho nitro benzene ring substituents is 1. The summed E-state index contributed by atoms with van der Waals surface area (Å²) in [4.78, 5) is 10.5. The molecule has 2 aromatic rings. The van der Waals surface area contributed by atoms with E-state index in [0.29, 0.717) is 13.0 Å². The second-order valence-electron chi connectivity index (χ2n) is 6.14. The van der Waals surface area contributed by atoms with Crippen LogP contribution in [0, 0.1) is 10.1 Å². The van der Waals surface area contributed by atoms with Crippen LogP contribution in [0.3, 0.4) is 0 Å². The van der Waals surface area contributed by atoms with Crippen molar-refractivity contribution in [3.8, 4) is 0 Å². The van der Waals surface area contributed by atoms with Gasteiger partial charge in [-0.1, -0.05) is 36.4 Å². The molecule has 5 heteroatoms. The highest BCUT2D eigenvalue weighted by Crippen LogP contribution is 2.36. The molecule has 120 valence electrons. The van der Waals surface area contributed by atoms with Gasteiger partial charge in [-0.25, -0.2) is 0 Å². The minimum Gasteiger partial charge on any atom is -0.384 e. The molecule has 3 rings (SSSR count). The van der Waals surface area contributed by atoms with Crippen molar-refractivity contribution in [1.29, 1.82) is 0 Å². The van der Waals surface area contributed by atoms with Gasteiger partial charge >= 0.3 is 0 Å². The highest BCUT2D eigenvalue weighted by atomic mass is 16.6. The first-order valence-electron chi connectivity index (χ1n) is 7.78. The third-order valence-electron chi connectivity index (χ3n) is 4.61. The van der Waals surface area contributed by atoms with E-state index in [1.165, 1.54) is 11.6 Å². The van der Waals surface area contributed by atoms with Crippen LogP contribution < -0.4 is 5.32 Å². The molecule has 0 radical (unpaired) electrons. The minimum absolute atomic E-state index is 0.0771. The second kappa shape index (κ2) is 6.10. The van der Waals surface area contributed by atoms with Crippen molar-refractivity contribution in [2.24, 2.45) is 0 Å². The van der Waals surface area contributed by atoms with Gasteiger partial charge in [-0.3, -0.25) is 10.1 Å². The lowest BCUT2D eigenvalue weighted by Crippen LogP contribution is -2.37. The van der Waals surface area contributed by atoms with Crippen LogP contribution in [-0.2, 0) is 12.0 Å². The lowest BCUT2D eigenvalue weighted by Gasteiger charge is -2.27. The predicted molar refractivity (Wildman–Crippen MR) is 88.2 cm³/mol. The molecule has 0 spiro atoms. The Morgan fingerprint density at radius 2 is 2.09 bits per heavy atom. The zero-order valence-electron chi connectivity index (χ0n) is 13.0. The van der Waals surface area contributed by atoms with Crippen LogP contribution in [-0.4, -0.2) is 16.6 Å². The van der Waals surface area contributed by atoms with Crippen molar-refractivity contribution in [2.45, 2.75) is 31.4 Å². The number of aliphatic hydroxyl groups is 1. The number of hydrogen-bond donors (Lipinski definition) is 2. The summed E-state index contributed by atoms with van der Waals surface area (Å²) in [5, 5.41) is 25.1. The van der Waals surface area contributed by atoms with Crippen LogP contribution in [0.15, 0.2) is 48.5 Å². The molecule has 2 unspecified atom stereocenters. The van der Waals surface area contributed by atoms with Crippen molar-refractivity contribution >= 4 is 5.69 Å². The number of nitro groups is 1. The smallest absolute Gasteiger partial charge is 0.269 e. The molecule has 2 atom stereocenters. The van der Waals surface area contributed by atoms with Crippen molar-refractivity contribution < 1.29 is 10.0 Å². The van der Waals surface area contributed by atoms with Gasteiger partial charge in [0.25, 0.3) is 5.69 Å². The van der Waals surface area contributed by atoms with Crippen LogP contribution in [0.25, 0.3) is 0 Å². The van der Waals surface area contributed by atoms with Crippen molar-refractivity contribution in [2.75, 3.05) is 6.54 Å². The Bertz CT molecular complexity index is 732. The Morgan fingerprint density at radius 3 is 2.87 bits per heavy atom. The van der Waals surface area contributed by atoms with Gasteiger partial charge in [-0.2, -0.15) is 0 Å². The third-order valence-corrected chi connectivity index (χ3v) is 4.61. The van der Waals surface area contributed by atoms with E-state index in [0.717, 1.165) is 17.5 Å². The highest BCUT2D eigenvalue weighted by Gasteiger charge is 2.36. The van der Waals surface area contributed by atoms with Gasteiger partial charge in [-0.05, 0) is 36.5 Å². The summed E-state index contributed by atoms with van der Waals surface area (Å²) in [6.45, 7) is 2.37. The van der Waals surface area contributed by atoms with E-state index in [1.807, 2.05) is 31.2 Å². The molecule has 0 bridgehead atoms. The Labute approximate surface area is 135 Å². The summed E-state index contributed by atoms with van der Waals surface area (Å²) >= 11 is 0. The monoisotopic (exact) mass is 312 g/mol. The van der Waals surface area contributed by atoms with Gasteiger partial charge in [0.1, 0.15) is 5.60 Å². The first-order valence-corrected chi connectivity index (χ1v) is 7.78. The number of rotatable bonds is 5. The van der Waals surface area contributed by atoms with Crippen LogP contribution >= 0.6 is 0 Å². The molecule has 5 nitrogen and oxygen atoms in total. The van der Waals surface area contributed by atoms with E-state index >= 15 is 0 Å². The van der Waals surface area contributed by atoms with E-state index < -0.39 is 10.5 Å². The van der Waals surface area contributed by atoms with E-state index in [4.69, 9.17) is 0 Å². The highest BCUT2D eigenvalue weighted by molar-refractivity contribution is 5.38. The molecule has 0 fully saturated rings. The second-order valence-corrected chi connectivity index (χ2v) is 6.14. The standard InChI is InChI=1S/C18H20N2O3/c1-13(15-6-4-7-16(11-15)20(22)23)19-12-18(21)10-9-14-5-2-3-8-17(14)18/h2-8,11,13,19,21H,9-10,12H2,1H3. The zero-order chi connectivity index (χ0) is 16.4. The van der Waals surface area contributed by atoms with E-state index in [2.05, 4.69) is 11.4 Å². The molecule has 2 aromatic carbocycles. The molecule has 23 heavy (non-hydrogen) atoms. The first-order chi connectivity index (χ1) is 11.0. The van der Waals surface area contributed by atoms with Crippen LogP contribution in [0.1, 0.15) is 36.1 Å². The fourth-order valence-corrected chi connectivity index (χ4v) is 3.20. The van der Waals surface area contributed by atoms with Crippen molar-refractivity contribution in [3.63, 3.8) is 0 Å². The summed E-state index contributed by atoms with van der Waals surface area (Å²) < 4.78 is 0. The van der Waals surface area contributed by atoms with Gasteiger partial charge in [-0.15, -0.1) is 0 Å². The number of nitrogens with zero attached hydrogens (tertiary/aromatic N) is 1. The Kier molecular flexibility index (Phi) is 4.15. The Morgan fingerprint density at radius 1 is 1.30 bits per heavy atom. The van der Waals surface area contributed by atoms with Crippen LogP contribution in [0.2, 0.25) is 0 Å². The normalized spacial score (nSPS) is 21.0. The summed E-state index contributed by atoms with van der Waals surface area (Å²) in [5.41, 5.74) is 2.24. The van der Waals surface area contributed by atoms with Gasteiger partial charge in [0.15, 0.2) is 0 Å². The van der Waals surface area contributed by atoms with Crippen LogP contribution in [0.5, 0.6) is 0 Å². The first kappa shape index (κ1) is 15.6. The lowest BCUT2D eigenvalue weighted by atomic mass is 9.95. The summed E-state index contributed by atoms with van der Waals surface area (Å²) in [6.07, 6.45) is 1.57. The number of nitro benzene ring substituents is 1. The molecule has 0 aliphatic heterocycles. The van der Waals surface area contributed by atoms with Gasteiger partial charge in [0, 0.05) is 24.7 Å². The molecule has 1 aliphatic carbocycles. The van der Waals surface area contributed by atoms with E-state index in [-0.39, 0.29) is 11.7 Å². The van der Waals surface area contributed by atoms with Crippen molar-refractivity contribution in [1.82, 2.24) is 5.32 Å². The molecular formula is C18H20N2O3. The number of benzene rings is 2. The number of aryl methyl sites for hydroxylation is 1. The average molecular weight is 312 g/mol. The molecule has 0 aromatic heterocycles. The summed E-state index contributed by atoms with van der Waals surface area (Å²) in [5.74, 6) is 0. The minimum atomic E-state index is -0.869. The maximum absolute atomic E-state index is 10.9. The lowest BCUT2D eigenvalue weighted by molar-refractivity contribution is -0.384. The zero-order valence-corrected chi connectivity index (χ0v) is 13.0. The summed E-state index contributed by atoms with van der Waals surface area (Å²) in [7, 11) is 0. The molecule has 0 saturated carbocycles. The fraction of sp³-hybridized carbons (Fsp3) is 0.333. The third kappa shape index (κ3) is 3.11. The average Bonchev–Trinajstić information content (AvgIpc) is 2.91. The molecule has 0 amide bonds. The predicted octanol–water partition coefficient (Wildman–Crippen LogP) is 3.08. The maximum Gasteiger partial charge on any atom is 0.269 e. The molecule has 0 saturated heterocycles. The molecule has 2 N–H and O–H groups in total. The molecule has 1 aliphatic rings. The Balaban J connectivity index is 1.71. The Hall–Kier alpha value is -2.24. The van der Waals surface area contributed by atoms with Gasteiger partial charge < -0.3 is 10.4 Å². The summed E-state index contributed by atoms with van der Waals surface area (Å²) in [6, 6.07) is 14.5. The molecular weight excluding hydrogens is 292 g/mol. The van der Waals surface area contributed by atoms with Crippen LogP contribution in [0.4, 0.5) is 5.69 Å². The van der Waals surface area contributed by atoms with Gasteiger partial charge in [0.2, 0.25) is 0 Å². The topological polar surface area (TPSA) is 75.4 Å². The van der Waals surface area contributed by atoms with E-state index in [9.17, 15) is 15.2 Å². The number of hydrogen-bond acceptors (Lipinski definition) is 4. The quantitative estimate of drug-likeness (QED) is 0.657. The van der Waals surface area contributed by atoms with E-state index in [1.54, 1.807) is 12.1 Å². The molecule has 0 heterocycles.